The molecular weight excluding hydrogens is 394 g/mol. The molecule has 0 bridgehead atoms. The van der Waals surface area contributed by atoms with Crippen molar-refractivity contribution >= 4 is 16.6 Å². The summed E-state index contributed by atoms with van der Waals surface area (Å²) < 4.78 is 2.04. The van der Waals surface area contributed by atoms with Crippen LogP contribution in [-0.2, 0) is 13.5 Å². The molecule has 2 saturated heterocycles. The molecule has 0 aliphatic carbocycles. The summed E-state index contributed by atoms with van der Waals surface area (Å²) in [5.41, 5.74) is 7.87. The number of aromatic nitrogens is 2. The van der Waals surface area contributed by atoms with Crippen molar-refractivity contribution in [1.29, 1.82) is 0 Å². The van der Waals surface area contributed by atoms with Gasteiger partial charge in [0.05, 0.1) is 11.2 Å². The van der Waals surface area contributed by atoms with E-state index in [-0.39, 0.29) is 5.92 Å². The summed E-state index contributed by atoms with van der Waals surface area (Å²) in [6.45, 7) is 21.6. The number of piperidine rings is 2. The molecule has 2 aliphatic heterocycles. The van der Waals surface area contributed by atoms with E-state index in [2.05, 4.69) is 75.2 Å². The highest BCUT2D eigenvalue weighted by Gasteiger charge is 2.27. The highest BCUT2D eigenvalue weighted by atomic mass is 15.3. The summed E-state index contributed by atoms with van der Waals surface area (Å²) in [7, 11) is 2.05. The van der Waals surface area contributed by atoms with E-state index in [9.17, 15) is 0 Å². The quantitative estimate of drug-likeness (QED) is 0.615. The van der Waals surface area contributed by atoms with Gasteiger partial charge >= 0.3 is 0 Å². The van der Waals surface area contributed by atoms with Crippen LogP contribution < -0.4 is 10.6 Å². The third kappa shape index (κ3) is 4.36. The van der Waals surface area contributed by atoms with Gasteiger partial charge in [0.25, 0.3) is 0 Å². The Balaban J connectivity index is 1.58. The lowest BCUT2D eigenvalue weighted by molar-refractivity contribution is 0.141. The van der Waals surface area contributed by atoms with Crippen molar-refractivity contribution in [3.63, 3.8) is 0 Å². The van der Waals surface area contributed by atoms with Crippen molar-refractivity contribution in [2.45, 2.75) is 64.8 Å². The first-order valence-corrected chi connectivity index (χ1v) is 12.1. The van der Waals surface area contributed by atoms with Crippen LogP contribution in [0.25, 0.3) is 10.9 Å². The number of allylic oxidation sites excluding steroid dienone is 2. The maximum atomic E-state index is 4.96. The molecule has 3 unspecified atom stereocenters. The summed E-state index contributed by atoms with van der Waals surface area (Å²) in [4.78, 5) is 2.55. The molecule has 0 spiro atoms. The van der Waals surface area contributed by atoms with Crippen molar-refractivity contribution in [3.05, 3.63) is 60.2 Å². The van der Waals surface area contributed by atoms with Crippen molar-refractivity contribution in [1.82, 2.24) is 20.0 Å². The molecule has 2 N–H and O–H groups in total. The second-order valence-electron chi connectivity index (χ2n) is 9.87. The Bertz CT molecular complexity index is 1050. The number of rotatable bonds is 6. The number of likely N-dealkylation sites (tertiary alicyclic amines) is 1. The molecule has 0 saturated carbocycles. The molecule has 0 amide bonds. The predicted octanol–water partition coefficient (Wildman–Crippen LogP) is 5.68. The van der Waals surface area contributed by atoms with Crippen molar-refractivity contribution in [2.75, 3.05) is 18.4 Å². The van der Waals surface area contributed by atoms with Gasteiger partial charge in [-0.15, -0.1) is 0 Å². The molecule has 5 nitrogen and oxygen atoms in total. The first-order chi connectivity index (χ1) is 15.3. The highest BCUT2D eigenvalue weighted by molar-refractivity contribution is 5.90. The SMILES string of the molecule is C=C1CCC(c2nn(C)c3c(CC)c(NC(=C)CN4CCC(C)CC4C)ccc23)C(=C)N1. The van der Waals surface area contributed by atoms with Crippen molar-refractivity contribution < 1.29 is 0 Å². The van der Waals surface area contributed by atoms with Crippen LogP contribution in [0.3, 0.4) is 0 Å². The zero-order chi connectivity index (χ0) is 23.0. The largest absolute Gasteiger partial charge is 0.363 e. The third-order valence-electron chi connectivity index (χ3n) is 7.30. The average Bonchev–Trinajstić information content (AvgIpc) is 3.06. The van der Waals surface area contributed by atoms with Gasteiger partial charge in [0.1, 0.15) is 0 Å². The van der Waals surface area contributed by atoms with Crippen molar-refractivity contribution in [3.8, 4) is 0 Å². The molecule has 4 rings (SSSR count). The lowest BCUT2D eigenvalue weighted by atomic mass is 9.89. The van der Waals surface area contributed by atoms with Gasteiger partial charge in [-0.05, 0) is 63.6 Å². The summed E-state index contributed by atoms with van der Waals surface area (Å²) in [5, 5.41) is 13.2. The molecule has 0 radical (unpaired) electrons. The van der Waals surface area contributed by atoms with Gasteiger partial charge in [0.15, 0.2) is 0 Å². The number of aryl methyl sites for hydroxylation is 2. The zero-order valence-corrected chi connectivity index (χ0v) is 20.3. The molecular formula is C27H39N5. The first-order valence-electron chi connectivity index (χ1n) is 12.1. The second-order valence-corrected chi connectivity index (χ2v) is 9.87. The summed E-state index contributed by atoms with van der Waals surface area (Å²) in [6, 6.07) is 5.03. The van der Waals surface area contributed by atoms with E-state index in [0.29, 0.717) is 6.04 Å². The van der Waals surface area contributed by atoms with E-state index in [1.807, 2.05) is 4.68 Å². The molecule has 1 aromatic carbocycles. The first kappa shape index (κ1) is 22.7. The monoisotopic (exact) mass is 433 g/mol. The molecule has 32 heavy (non-hydrogen) atoms. The number of fused-ring (bicyclic) bond motifs is 1. The topological polar surface area (TPSA) is 45.1 Å². The van der Waals surface area contributed by atoms with Crippen LogP contribution in [0.2, 0.25) is 0 Å². The Morgan fingerprint density at radius 2 is 2.03 bits per heavy atom. The fourth-order valence-corrected chi connectivity index (χ4v) is 5.55. The molecule has 3 heterocycles. The molecule has 1 aromatic heterocycles. The number of hydrogen-bond acceptors (Lipinski definition) is 4. The molecule has 3 atom stereocenters. The molecule has 2 aliphatic rings. The van der Waals surface area contributed by atoms with E-state index in [1.165, 1.54) is 29.3 Å². The molecule has 2 fully saturated rings. The summed E-state index contributed by atoms with van der Waals surface area (Å²) >= 11 is 0. The van der Waals surface area contributed by atoms with Crippen LogP contribution in [0, 0.1) is 5.92 Å². The number of nitrogens with zero attached hydrogens (tertiary/aromatic N) is 3. The minimum atomic E-state index is 0.214. The van der Waals surface area contributed by atoms with Gasteiger partial charge in [0.2, 0.25) is 0 Å². The van der Waals surface area contributed by atoms with E-state index in [4.69, 9.17) is 5.10 Å². The molecule has 172 valence electrons. The van der Waals surface area contributed by atoms with Gasteiger partial charge < -0.3 is 10.6 Å². The summed E-state index contributed by atoms with van der Waals surface area (Å²) in [6.07, 6.45) is 5.43. The Morgan fingerprint density at radius 1 is 1.25 bits per heavy atom. The summed E-state index contributed by atoms with van der Waals surface area (Å²) in [5.74, 6) is 1.04. The number of benzene rings is 1. The van der Waals surface area contributed by atoms with Crippen LogP contribution in [0.5, 0.6) is 0 Å². The van der Waals surface area contributed by atoms with Gasteiger partial charge in [0, 0.05) is 59.3 Å². The van der Waals surface area contributed by atoms with Gasteiger partial charge in [-0.1, -0.05) is 33.6 Å². The second kappa shape index (κ2) is 9.14. The number of nitrogens with one attached hydrogen (secondary N) is 2. The lowest BCUT2D eigenvalue weighted by Gasteiger charge is -2.37. The minimum absolute atomic E-state index is 0.214. The van der Waals surface area contributed by atoms with Crippen molar-refractivity contribution in [2.24, 2.45) is 13.0 Å². The zero-order valence-electron chi connectivity index (χ0n) is 20.3. The average molecular weight is 434 g/mol. The Labute approximate surface area is 193 Å². The smallest absolute Gasteiger partial charge is 0.0792 e. The van der Waals surface area contributed by atoms with E-state index >= 15 is 0 Å². The normalized spacial score (nSPS) is 24.6. The van der Waals surface area contributed by atoms with E-state index in [0.717, 1.165) is 66.7 Å². The van der Waals surface area contributed by atoms with E-state index < -0.39 is 0 Å². The number of hydrogen-bond donors (Lipinski definition) is 2. The Morgan fingerprint density at radius 3 is 2.72 bits per heavy atom. The van der Waals surface area contributed by atoms with Gasteiger partial charge in [-0.25, -0.2) is 0 Å². The Kier molecular flexibility index (Phi) is 6.47. The molecule has 2 aromatic rings. The van der Waals surface area contributed by atoms with E-state index in [1.54, 1.807) is 0 Å². The Hall–Kier alpha value is -2.53. The lowest BCUT2D eigenvalue weighted by Crippen LogP contribution is -2.41. The fraction of sp³-hybridized carbons (Fsp3) is 0.519. The third-order valence-corrected chi connectivity index (χ3v) is 7.30. The van der Waals surface area contributed by atoms with Crippen LogP contribution >= 0.6 is 0 Å². The predicted molar refractivity (Wildman–Crippen MR) is 136 cm³/mol. The van der Waals surface area contributed by atoms with Gasteiger partial charge in [-0.3, -0.25) is 9.58 Å². The van der Waals surface area contributed by atoms with Crippen LogP contribution in [-0.4, -0.2) is 33.8 Å². The van der Waals surface area contributed by atoms with Gasteiger partial charge in [-0.2, -0.15) is 5.10 Å². The maximum Gasteiger partial charge on any atom is 0.0792 e. The fourth-order valence-electron chi connectivity index (χ4n) is 5.55. The van der Waals surface area contributed by atoms with Crippen LogP contribution in [0.4, 0.5) is 5.69 Å². The van der Waals surface area contributed by atoms with Crippen LogP contribution in [0.1, 0.15) is 63.6 Å². The standard InChI is InChI=1S/C27H39N5/c1-8-22-25(29-19(4)16-32-14-13-17(2)15-20(32)5)12-11-24-26(30-31(7)27(22)24)23-10-9-18(3)28-21(23)6/h11-12,17,20,23,28-29H,3-4,6,8-10,13-16H2,1-2,5,7H3. The van der Waals surface area contributed by atoms with Crippen LogP contribution in [0.15, 0.2) is 49.0 Å². The maximum absolute atomic E-state index is 4.96. The minimum Gasteiger partial charge on any atom is -0.363 e. The number of anilines is 1. The highest BCUT2D eigenvalue weighted by Crippen LogP contribution is 2.38. The molecule has 5 heteroatoms.